The highest BCUT2D eigenvalue weighted by molar-refractivity contribution is 7.17. The van der Waals surface area contributed by atoms with Gasteiger partial charge in [0, 0.05) is 16.1 Å². The van der Waals surface area contributed by atoms with Gasteiger partial charge in [-0.3, -0.25) is 4.40 Å². The van der Waals surface area contributed by atoms with Crippen molar-refractivity contribution in [2.45, 2.75) is 39.5 Å². The molecule has 0 saturated carbocycles. The topological polar surface area (TPSA) is 43.3 Å². The van der Waals surface area contributed by atoms with Gasteiger partial charge in [-0.25, -0.2) is 4.98 Å². The van der Waals surface area contributed by atoms with Gasteiger partial charge in [-0.2, -0.15) is 0 Å². The van der Waals surface area contributed by atoms with E-state index in [1.165, 1.54) is 41.0 Å². The summed E-state index contributed by atoms with van der Waals surface area (Å²) in [5, 5.41) is 0. The van der Waals surface area contributed by atoms with Crippen LogP contribution in [0.1, 0.15) is 34.5 Å². The van der Waals surface area contributed by atoms with Gasteiger partial charge in [-0.15, -0.1) is 11.3 Å². The maximum Gasteiger partial charge on any atom is 0.196 e. The van der Waals surface area contributed by atoms with Gasteiger partial charge < -0.3 is 5.73 Å². The molecule has 4 rings (SSSR count). The van der Waals surface area contributed by atoms with Crippen LogP contribution < -0.4 is 5.73 Å². The van der Waals surface area contributed by atoms with Crippen molar-refractivity contribution in [3.8, 4) is 11.3 Å². The van der Waals surface area contributed by atoms with Crippen LogP contribution in [0.15, 0.2) is 18.2 Å². The van der Waals surface area contributed by atoms with Crippen molar-refractivity contribution in [2.24, 2.45) is 0 Å². The van der Waals surface area contributed by atoms with E-state index in [1.807, 2.05) is 11.3 Å². The Labute approximate surface area is 128 Å². The maximum absolute atomic E-state index is 6.45. The van der Waals surface area contributed by atoms with Crippen molar-refractivity contribution in [1.29, 1.82) is 0 Å². The highest BCUT2D eigenvalue weighted by atomic mass is 32.1. The van der Waals surface area contributed by atoms with Gasteiger partial charge in [0.05, 0.1) is 0 Å². The fraction of sp³-hybridized carbons (Fsp3) is 0.353. The van der Waals surface area contributed by atoms with Crippen LogP contribution in [0, 0.1) is 13.8 Å². The number of fused-ring (bicyclic) bond motifs is 3. The van der Waals surface area contributed by atoms with Gasteiger partial charge in [-0.1, -0.05) is 23.8 Å². The van der Waals surface area contributed by atoms with E-state index in [-0.39, 0.29) is 0 Å². The lowest BCUT2D eigenvalue weighted by Gasteiger charge is -2.11. The maximum atomic E-state index is 6.45. The summed E-state index contributed by atoms with van der Waals surface area (Å²) >= 11 is 1.81. The summed E-state index contributed by atoms with van der Waals surface area (Å²) in [5.74, 6) is 0.802. The molecule has 0 unspecified atom stereocenters. The summed E-state index contributed by atoms with van der Waals surface area (Å²) < 4.78 is 2.19. The van der Waals surface area contributed by atoms with Crippen molar-refractivity contribution in [3.63, 3.8) is 0 Å². The molecule has 3 aromatic rings. The molecule has 21 heavy (non-hydrogen) atoms. The molecule has 0 radical (unpaired) electrons. The number of nitrogen functional groups attached to an aromatic ring is 1. The number of anilines is 1. The van der Waals surface area contributed by atoms with Crippen LogP contribution in [0.5, 0.6) is 0 Å². The summed E-state index contributed by atoms with van der Waals surface area (Å²) in [5.41, 5.74) is 12.4. The van der Waals surface area contributed by atoms with E-state index in [1.54, 1.807) is 0 Å². The van der Waals surface area contributed by atoms with Gasteiger partial charge in [0.25, 0.3) is 0 Å². The third-order valence-electron chi connectivity index (χ3n) is 4.39. The molecule has 0 bridgehead atoms. The van der Waals surface area contributed by atoms with Crippen molar-refractivity contribution in [3.05, 3.63) is 39.9 Å². The second-order valence-electron chi connectivity index (χ2n) is 5.96. The molecule has 0 saturated heterocycles. The Kier molecular flexibility index (Phi) is 2.82. The second kappa shape index (κ2) is 4.60. The molecule has 0 amide bonds. The van der Waals surface area contributed by atoms with Crippen molar-refractivity contribution < 1.29 is 0 Å². The standard InChI is InChI=1S/C17H19N3S/c1-10-7-8-12(11(2)9-10)15-16(18)20-13-5-3-4-6-14(13)21-17(20)19-15/h7-9H,3-6,18H2,1-2H3. The Morgan fingerprint density at radius 1 is 1.19 bits per heavy atom. The Morgan fingerprint density at radius 3 is 2.81 bits per heavy atom. The summed E-state index contributed by atoms with van der Waals surface area (Å²) in [4.78, 5) is 7.36. The lowest BCUT2D eigenvalue weighted by molar-refractivity contribution is 0.675. The molecule has 0 fully saturated rings. The van der Waals surface area contributed by atoms with Crippen LogP contribution >= 0.6 is 11.3 Å². The van der Waals surface area contributed by atoms with Crippen molar-refractivity contribution >= 4 is 22.1 Å². The molecular weight excluding hydrogens is 278 g/mol. The van der Waals surface area contributed by atoms with E-state index in [9.17, 15) is 0 Å². The lowest BCUT2D eigenvalue weighted by atomic mass is 10.0. The molecule has 0 spiro atoms. The second-order valence-corrected chi connectivity index (χ2v) is 7.02. The van der Waals surface area contributed by atoms with Crippen LogP contribution in [-0.4, -0.2) is 9.38 Å². The smallest absolute Gasteiger partial charge is 0.196 e. The minimum Gasteiger partial charge on any atom is -0.383 e. The number of nitrogens with two attached hydrogens (primary N) is 1. The number of rotatable bonds is 1. The quantitative estimate of drug-likeness (QED) is 0.733. The molecule has 2 heterocycles. The van der Waals surface area contributed by atoms with Gasteiger partial charge in [0.15, 0.2) is 4.96 Å². The molecular formula is C17H19N3S. The molecule has 2 N–H and O–H groups in total. The highest BCUT2D eigenvalue weighted by Crippen LogP contribution is 2.37. The number of hydrogen-bond donors (Lipinski definition) is 1. The number of thiazole rings is 1. The Bertz CT molecular complexity index is 841. The molecule has 1 aliphatic rings. The van der Waals surface area contributed by atoms with Crippen LogP contribution in [0.2, 0.25) is 0 Å². The molecule has 0 aliphatic heterocycles. The van der Waals surface area contributed by atoms with Gasteiger partial charge in [-0.05, 0) is 45.1 Å². The van der Waals surface area contributed by atoms with E-state index in [2.05, 4.69) is 36.4 Å². The number of benzene rings is 1. The summed E-state index contributed by atoms with van der Waals surface area (Å²) in [6.07, 6.45) is 4.86. The zero-order chi connectivity index (χ0) is 14.6. The largest absolute Gasteiger partial charge is 0.383 e. The van der Waals surface area contributed by atoms with E-state index >= 15 is 0 Å². The van der Waals surface area contributed by atoms with Crippen LogP contribution in [0.4, 0.5) is 5.82 Å². The third-order valence-corrected chi connectivity index (χ3v) is 5.54. The summed E-state index contributed by atoms with van der Waals surface area (Å²) in [6.45, 7) is 4.24. The molecule has 108 valence electrons. The number of imidazole rings is 1. The fourth-order valence-corrected chi connectivity index (χ4v) is 4.55. The first-order valence-electron chi connectivity index (χ1n) is 7.51. The number of aryl methyl sites for hydroxylation is 4. The molecule has 1 aromatic carbocycles. The van der Waals surface area contributed by atoms with Crippen LogP contribution in [0.3, 0.4) is 0 Å². The molecule has 0 atom stereocenters. The van der Waals surface area contributed by atoms with Crippen LogP contribution in [0.25, 0.3) is 16.2 Å². The first kappa shape index (κ1) is 12.9. The number of hydrogen-bond acceptors (Lipinski definition) is 3. The third kappa shape index (κ3) is 1.89. The SMILES string of the molecule is Cc1ccc(-c2nc3sc4c(n3c2N)CCCC4)c(C)c1. The molecule has 4 heteroatoms. The summed E-state index contributed by atoms with van der Waals surface area (Å²) in [6, 6.07) is 6.46. The van der Waals surface area contributed by atoms with E-state index in [4.69, 9.17) is 10.7 Å². The minimum absolute atomic E-state index is 0.802. The van der Waals surface area contributed by atoms with Crippen molar-refractivity contribution in [2.75, 3.05) is 5.73 Å². The average Bonchev–Trinajstić information content (AvgIpc) is 2.96. The Balaban J connectivity index is 1.94. The van der Waals surface area contributed by atoms with Gasteiger partial charge in [0.2, 0.25) is 0 Å². The predicted octanol–water partition coefficient (Wildman–Crippen LogP) is 4.14. The van der Waals surface area contributed by atoms with Crippen LogP contribution in [-0.2, 0) is 12.8 Å². The minimum atomic E-state index is 0.802. The van der Waals surface area contributed by atoms with Gasteiger partial charge in [0.1, 0.15) is 11.5 Å². The molecule has 3 nitrogen and oxygen atoms in total. The Morgan fingerprint density at radius 2 is 2.00 bits per heavy atom. The molecule has 1 aliphatic carbocycles. The number of nitrogens with zero attached hydrogens (tertiary/aromatic N) is 2. The van der Waals surface area contributed by atoms with Crippen molar-refractivity contribution in [1.82, 2.24) is 9.38 Å². The zero-order valence-corrected chi connectivity index (χ0v) is 13.3. The fourth-order valence-electron chi connectivity index (χ4n) is 3.34. The highest BCUT2D eigenvalue weighted by Gasteiger charge is 2.22. The first-order valence-corrected chi connectivity index (χ1v) is 8.33. The lowest BCUT2D eigenvalue weighted by Crippen LogP contribution is -2.05. The normalized spacial score (nSPS) is 14.6. The zero-order valence-electron chi connectivity index (χ0n) is 12.4. The first-order chi connectivity index (χ1) is 10.1. The summed E-state index contributed by atoms with van der Waals surface area (Å²) in [7, 11) is 0. The monoisotopic (exact) mass is 297 g/mol. The average molecular weight is 297 g/mol. The predicted molar refractivity (Wildman–Crippen MR) is 89.0 cm³/mol. The number of aromatic nitrogens is 2. The Hall–Kier alpha value is -1.81. The van der Waals surface area contributed by atoms with Gasteiger partial charge >= 0.3 is 0 Å². The van der Waals surface area contributed by atoms with E-state index in [0.717, 1.165) is 28.5 Å². The van der Waals surface area contributed by atoms with E-state index in [0.29, 0.717) is 0 Å². The molecule has 2 aromatic heterocycles. The van der Waals surface area contributed by atoms with E-state index < -0.39 is 0 Å².